The van der Waals surface area contributed by atoms with Gasteiger partial charge in [0.15, 0.2) is 0 Å². The monoisotopic (exact) mass is 283 g/mol. The Labute approximate surface area is 127 Å². The van der Waals surface area contributed by atoms with Gasteiger partial charge in [0.2, 0.25) is 5.91 Å². The van der Waals surface area contributed by atoms with Gasteiger partial charge in [0.05, 0.1) is 6.42 Å². The predicted molar refractivity (Wildman–Crippen MR) is 89.3 cm³/mol. The lowest BCUT2D eigenvalue weighted by Crippen LogP contribution is -2.33. The van der Waals surface area contributed by atoms with Crippen LogP contribution in [0.1, 0.15) is 39.2 Å². The Morgan fingerprint density at radius 1 is 1.00 bits per heavy atom. The van der Waals surface area contributed by atoms with Gasteiger partial charge < -0.3 is 5.32 Å². The molecular formula is C19H25NO. The second-order valence-corrected chi connectivity index (χ2v) is 6.30. The fourth-order valence-corrected chi connectivity index (χ4v) is 2.52. The van der Waals surface area contributed by atoms with E-state index in [2.05, 4.69) is 50.4 Å². The molecule has 112 valence electrons. The molecule has 2 rings (SSSR count). The van der Waals surface area contributed by atoms with Gasteiger partial charge in [-0.25, -0.2) is 0 Å². The first-order chi connectivity index (χ1) is 10.0. The first-order valence-electron chi connectivity index (χ1n) is 7.81. The number of carbonyl (C=O) groups is 1. The van der Waals surface area contributed by atoms with E-state index in [1.54, 1.807) is 0 Å². The van der Waals surface area contributed by atoms with Crippen LogP contribution < -0.4 is 5.32 Å². The van der Waals surface area contributed by atoms with Gasteiger partial charge >= 0.3 is 0 Å². The molecule has 0 fully saturated rings. The van der Waals surface area contributed by atoms with Crippen molar-refractivity contribution in [1.82, 2.24) is 5.32 Å². The second-order valence-electron chi connectivity index (χ2n) is 6.30. The first-order valence-corrected chi connectivity index (χ1v) is 7.81. The molecule has 1 N–H and O–H groups in total. The molecule has 0 radical (unpaired) electrons. The molecule has 0 aromatic heterocycles. The van der Waals surface area contributed by atoms with Gasteiger partial charge in [-0.1, -0.05) is 56.3 Å². The third kappa shape index (κ3) is 4.89. The molecule has 0 aliphatic rings. The van der Waals surface area contributed by atoms with E-state index in [1.165, 1.54) is 10.8 Å². The van der Waals surface area contributed by atoms with Crippen LogP contribution in [0.3, 0.4) is 0 Å². The van der Waals surface area contributed by atoms with Crippen molar-refractivity contribution in [3.63, 3.8) is 0 Å². The van der Waals surface area contributed by atoms with Crippen LogP contribution in [0, 0.1) is 5.92 Å². The van der Waals surface area contributed by atoms with E-state index in [-0.39, 0.29) is 11.9 Å². The molecule has 2 nitrogen and oxygen atoms in total. The predicted octanol–water partition coefficient (Wildman–Crippen LogP) is 4.32. The molecule has 2 aromatic rings. The van der Waals surface area contributed by atoms with Gasteiger partial charge in [0.25, 0.3) is 0 Å². The van der Waals surface area contributed by atoms with Gasteiger partial charge in [-0.15, -0.1) is 0 Å². The van der Waals surface area contributed by atoms with E-state index < -0.39 is 0 Å². The highest BCUT2D eigenvalue weighted by Crippen LogP contribution is 2.16. The number of carbonyl (C=O) groups excluding carboxylic acids is 1. The van der Waals surface area contributed by atoms with Gasteiger partial charge in [-0.2, -0.15) is 0 Å². The molecule has 21 heavy (non-hydrogen) atoms. The summed E-state index contributed by atoms with van der Waals surface area (Å²) in [7, 11) is 0. The van der Waals surface area contributed by atoms with Crippen molar-refractivity contribution in [3.05, 3.63) is 48.0 Å². The van der Waals surface area contributed by atoms with Crippen LogP contribution >= 0.6 is 0 Å². The van der Waals surface area contributed by atoms with Crippen molar-refractivity contribution < 1.29 is 4.79 Å². The number of amides is 1. The highest BCUT2D eigenvalue weighted by Gasteiger charge is 2.09. The van der Waals surface area contributed by atoms with Crippen molar-refractivity contribution in [1.29, 1.82) is 0 Å². The van der Waals surface area contributed by atoms with E-state index >= 15 is 0 Å². The van der Waals surface area contributed by atoms with E-state index in [9.17, 15) is 4.79 Å². The maximum atomic E-state index is 12.1. The van der Waals surface area contributed by atoms with Crippen LogP contribution in [0.2, 0.25) is 0 Å². The average Bonchev–Trinajstić information content (AvgIpc) is 2.45. The molecule has 0 aliphatic heterocycles. The van der Waals surface area contributed by atoms with E-state index in [0.717, 1.165) is 18.4 Å². The van der Waals surface area contributed by atoms with Gasteiger partial charge in [-0.05, 0) is 42.0 Å². The van der Waals surface area contributed by atoms with Crippen molar-refractivity contribution in [2.75, 3.05) is 0 Å². The average molecular weight is 283 g/mol. The fraction of sp³-hybridized carbons (Fsp3) is 0.421. The standard InChI is InChI=1S/C19H25NO/c1-14(2)8-9-15(3)20-19(21)13-16-10-11-17-6-4-5-7-18(17)12-16/h4-7,10-12,14-15H,8-9,13H2,1-3H3,(H,20,21). The Balaban J connectivity index is 1.91. The zero-order valence-electron chi connectivity index (χ0n) is 13.2. The molecule has 0 aliphatic carbocycles. The SMILES string of the molecule is CC(C)CCC(C)NC(=O)Cc1ccc2ccccc2c1. The van der Waals surface area contributed by atoms with Crippen molar-refractivity contribution >= 4 is 16.7 Å². The molecule has 0 bridgehead atoms. The maximum absolute atomic E-state index is 12.1. The molecule has 0 spiro atoms. The molecule has 0 heterocycles. The van der Waals surface area contributed by atoms with E-state index in [1.807, 2.05) is 18.2 Å². The molecule has 2 heteroatoms. The van der Waals surface area contributed by atoms with Crippen molar-refractivity contribution in [3.8, 4) is 0 Å². The van der Waals surface area contributed by atoms with Crippen LogP contribution in [0.25, 0.3) is 10.8 Å². The van der Waals surface area contributed by atoms with Gasteiger partial charge in [0, 0.05) is 6.04 Å². The minimum Gasteiger partial charge on any atom is -0.353 e. The summed E-state index contributed by atoms with van der Waals surface area (Å²) >= 11 is 0. The number of hydrogen-bond donors (Lipinski definition) is 1. The zero-order valence-corrected chi connectivity index (χ0v) is 13.2. The molecule has 1 atom stereocenters. The highest BCUT2D eigenvalue weighted by atomic mass is 16.1. The van der Waals surface area contributed by atoms with Crippen LogP contribution in [0.15, 0.2) is 42.5 Å². The summed E-state index contributed by atoms with van der Waals surface area (Å²) in [5.41, 5.74) is 1.07. The Hall–Kier alpha value is -1.83. The highest BCUT2D eigenvalue weighted by molar-refractivity contribution is 5.85. The number of hydrogen-bond acceptors (Lipinski definition) is 1. The van der Waals surface area contributed by atoms with Crippen LogP contribution in [0.4, 0.5) is 0 Å². The second kappa shape index (κ2) is 7.26. The maximum Gasteiger partial charge on any atom is 0.224 e. The minimum absolute atomic E-state index is 0.113. The molecule has 0 saturated carbocycles. The van der Waals surface area contributed by atoms with Gasteiger partial charge in [-0.3, -0.25) is 4.79 Å². The lowest BCUT2D eigenvalue weighted by molar-refractivity contribution is -0.121. The van der Waals surface area contributed by atoms with E-state index in [0.29, 0.717) is 12.3 Å². The first kappa shape index (κ1) is 15.6. The van der Waals surface area contributed by atoms with Crippen LogP contribution in [-0.4, -0.2) is 11.9 Å². The molecule has 2 aromatic carbocycles. The van der Waals surface area contributed by atoms with Crippen molar-refractivity contribution in [2.24, 2.45) is 5.92 Å². The normalized spacial score (nSPS) is 12.6. The molecular weight excluding hydrogens is 258 g/mol. The van der Waals surface area contributed by atoms with Crippen LogP contribution in [-0.2, 0) is 11.2 Å². The summed E-state index contributed by atoms with van der Waals surface area (Å²) in [4.78, 5) is 12.1. The Kier molecular flexibility index (Phi) is 5.38. The Morgan fingerprint density at radius 3 is 2.43 bits per heavy atom. The lowest BCUT2D eigenvalue weighted by Gasteiger charge is -2.15. The third-order valence-corrected chi connectivity index (χ3v) is 3.76. The molecule has 0 saturated heterocycles. The number of benzene rings is 2. The Morgan fingerprint density at radius 2 is 1.71 bits per heavy atom. The summed E-state index contributed by atoms with van der Waals surface area (Å²) in [6.07, 6.45) is 2.65. The quantitative estimate of drug-likeness (QED) is 0.840. The summed E-state index contributed by atoms with van der Waals surface area (Å²) in [6, 6.07) is 14.7. The Bertz CT molecular complexity index is 603. The minimum atomic E-state index is 0.113. The van der Waals surface area contributed by atoms with Crippen molar-refractivity contribution in [2.45, 2.75) is 46.1 Å². The summed E-state index contributed by atoms with van der Waals surface area (Å²) in [5.74, 6) is 0.798. The van der Waals surface area contributed by atoms with Crippen LogP contribution in [0.5, 0.6) is 0 Å². The van der Waals surface area contributed by atoms with Gasteiger partial charge in [0.1, 0.15) is 0 Å². The topological polar surface area (TPSA) is 29.1 Å². The number of fused-ring (bicyclic) bond motifs is 1. The largest absolute Gasteiger partial charge is 0.353 e. The fourth-order valence-electron chi connectivity index (χ4n) is 2.52. The third-order valence-electron chi connectivity index (χ3n) is 3.76. The molecule has 1 unspecified atom stereocenters. The lowest BCUT2D eigenvalue weighted by atomic mass is 10.0. The molecule has 1 amide bonds. The smallest absolute Gasteiger partial charge is 0.224 e. The van der Waals surface area contributed by atoms with E-state index in [4.69, 9.17) is 0 Å². The summed E-state index contributed by atoms with van der Waals surface area (Å²) in [5, 5.41) is 5.50. The summed E-state index contributed by atoms with van der Waals surface area (Å²) < 4.78 is 0. The zero-order chi connectivity index (χ0) is 15.2. The number of nitrogens with one attached hydrogen (secondary N) is 1. The number of rotatable bonds is 6. The summed E-state index contributed by atoms with van der Waals surface area (Å²) in [6.45, 7) is 6.51.